The van der Waals surface area contributed by atoms with Crippen molar-refractivity contribution in [3.63, 3.8) is 0 Å². The predicted octanol–water partition coefficient (Wildman–Crippen LogP) is 2.31. The van der Waals surface area contributed by atoms with E-state index in [2.05, 4.69) is 17.3 Å². The molecule has 0 fully saturated rings. The quantitative estimate of drug-likeness (QED) is 0.598. The SMILES string of the molecule is C=C=Cc1c(C(=O)OCC)nc2ccccn12. The van der Waals surface area contributed by atoms with E-state index in [1.165, 1.54) is 0 Å². The summed E-state index contributed by atoms with van der Waals surface area (Å²) in [6.45, 7) is 5.60. The fraction of sp³-hybridized carbons (Fsp3) is 0.154. The molecule has 0 N–H and O–H groups in total. The number of imidazole rings is 1. The maximum atomic E-state index is 11.7. The van der Waals surface area contributed by atoms with Crippen LogP contribution in [-0.4, -0.2) is 22.0 Å². The Labute approximate surface area is 98.9 Å². The lowest BCUT2D eigenvalue weighted by Gasteiger charge is -1.99. The molecule has 17 heavy (non-hydrogen) atoms. The third-order valence-corrected chi connectivity index (χ3v) is 2.27. The molecule has 2 aromatic heterocycles. The molecule has 0 aliphatic carbocycles. The molecule has 2 aromatic rings. The molecule has 0 saturated heterocycles. The number of pyridine rings is 1. The van der Waals surface area contributed by atoms with Crippen molar-refractivity contribution in [1.82, 2.24) is 9.38 Å². The van der Waals surface area contributed by atoms with Crippen molar-refractivity contribution >= 4 is 17.7 Å². The Hall–Kier alpha value is -2.32. The third kappa shape index (κ3) is 1.98. The van der Waals surface area contributed by atoms with Crippen molar-refractivity contribution < 1.29 is 9.53 Å². The predicted molar refractivity (Wildman–Crippen MR) is 64.8 cm³/mol. The van der Waals surface area contributed by atoms with E-state index in [0.717, 1.165) is 0 Å². The number of aromatic nitrogens is 2. The Balaban J connectivity index is 2.65. The molecule has 0 amide bonds. The molecule has 0 spiro atoms. The van der Waals surface area contributed by atoms with Gasteiger partial charge < -0.3 is 4.74 Å². The minimum atomic E-state index is -0.433. The van der Waals surface area contributed by atoms with E-state index in [0.29, 0.717) is 17.9 Å². The van der Waals surface area contributed by atoms with E-state index in [9.17, 15) is 4.79 Å². The van der Waals surface area contributed by atoms with Crippen LogP contribution in [0.1, 0.15) is 23.1 Å². The van der Waals surface area contributed by atoms with Crippen molar-refractivity contribution in [2.24, 2.45) is 0 Å². The van der Waals surface area contributed by atoms with Crippen LogP contribution in [-0.2, 0) is 4.74 Å². The molecule has 0 unspecified atom stereocenters. The maximum Gasteiger partial charge on any atom is 0.359 e. The molecule has 0 radical (unpaired) electrons. The molecule has 86 valence electrons. The van der Waals surface area contributed by atoms with Gasteiger partial charge in [0, 0.05) is 12.3 Å². The highest BCUT2D eigenvalue weighted by molar-refractivity contribution is 5.92. The second-order valence-electron chi connectivity index (χ2n) is 3.34. The van der Waals surface area contributed by atoms with Crippen molar-refractivity contribution in [3.8, 4) is 0 Å². The number of fused-ring (bicyclic) bond motifs is 1. The monoisotopic (exact) mass is 228 g/mol. The maximum absolute atomic E-state index is 11.7. The summed E-state index contributed by atoms with van der Waals surface area (Å²) in [6.07, 6.45) is 3.44. The second kappa shape index (κ2) is 4.68. The van der Waals surface area contributed by atoms with Crippen molar-refractivity contribution in [3.05, 3.63) is 48.1 Å². The van der Waals surface area contributed by atoms with Gasteiger partial charge in [0.05, 0.1) is 12.3 Å². The van der Waals surface area contributed by atoms with Gasteiger partial charge in [-0.15, -0.1) is 5.73 Å². The van der Waals surface area contributed by atoms with Gasteiger partial charge in [-0.25, -0.2) is 9.78 Å². The molecular formula is C13H12N2O2. The Morgan fingerprint density at radius 1 is 1.65 bits per heavy atom. The van der Waals surface area contributed by atoms with Gasteiger partial charge in [0.25, 0.3) is 0 Å². The van der Waals surface area contributed by atoms with Crippen LogP contribution >= 0.6 is 0 Å². The van der Waals surface area contributed by atoms with Gasteiger partial charge in [0.1, 0.15) is 5.65 Å². The molecule has 0 aromatic carbocycles. The molecule has 0 saturated carbocycles. The van der Waals surface area contributed by atoms with Crippen LogP contribution in [0.25, 0.3) is 11.7 Å². The molecule has 2 rings (SSSR count). The second-order valence-corrected chi connectivity index (χ2v) is 3.34. The summed E-state index contributed by atoms with van der Waals surface area (Å²) in [6, 6.07) is 5.55. The lowest BCUT2D eigenvalue weighted by Crippen LogP contribution is -2.06. The van der Waals surface area contributed by atoms with Crippen LogP contribution in [0, 0.1) is 0 Å². The summed E-state index contributed by atoms with van der Waals surface area (Å²) in [7, 11) is 0. The summed E-state index contributed by atoms with van der Waals surface area (Å²) < 4.78 is 6.76. The molecule has 2 heterocycles. The van der Waals surface area contributed by atoms with Gasteiger partial charge in [-0.1, -0.05) is 12.6 Å². The number of esters is 1. The highest BCUT2D eigenvalue weighted by atomic mass is 16.5. The summed E-state index contributed by atoms with van der Waals surface area (Å²) in [5.74, 6) is -0.433. The number of carbonyl (C=O) groups excluding carboxylic acids is 1. The number of carbonyl (C=O) groups is 1. The van der Waals surface area contributed by atoms with Gasteiger partial charge >= 0.3 is 5.97 Å². The Bertz CT molecular complexity index is 607. The Morgan fingerprint density at radius 3 is 3.18 bits per heavy atom. The summed E-state index contributed by atoms with van der Waals surface area (Å²) >= 11 is 0. The van der Waals surface area contributed by atoms with E-state index < -0.39 is 5.97 Å². The van der Waals surface area contributed by atoms with E-state index in [4.69, 9.17) is 4.74 Å². The van der Waals surface area contributed by atoms with E-state index in [1.54, 1.807) is 17.4 Å². The fourth-order valence-corrected chi connectivity index (χ4v) is 1.60. The van der Waals surface area contributed by atoms with Crippen molar-refractivity contribution in [2.75, 3.05) is 6.61 Å². The average Bonchev–Trinajstić information content (AvgIpc) is 2.70. The zero-order chi connectivity index (χ0) is 12.3. The minimum absolute atomic E-state index is 0.286. The molecule has 4 nitrogen and oxygen atoms in total. The van der Waals surface area contributed by atoms with Gasteiger partial charge in [0.2, 0.25) is 0 Å². The van der Waals surface area contributed by atoms with Gasteiger partial charge in [-0.2, -0.15) is 0 Å². The summed E-state index contributed by atoms with van der Waals surface area (Å²) in [5.41, 5.74) is 4.27. The van der Waals surface area contributed by atoms with Gasteiger partial charge in [-0.05, 0) is 19.1 Å². The third-order valence-electron chi connectivity index (χ3n) is 2.27. The van der Waals surface area contributed by atoms with Gasteiger partial charge in [0.15, 0.2) is 5.69 Å². The van der Waals surface area contributed by atoms with Crippen molar-refractivity contribution in [2.45, 2.75) is 6.92 Å². The molecule has 4 heteroatoms. The van der Waals surface area contributed by atoms with E-state index >= 15 is 0 Å². The van der Waals surface area contributed by atoms with Crippen LogP contribution in [0.2, 0.25) is 0 Å². The molecule has 0 bridgehead atoms. The smallest absolute Gasteiger partial charge is 0.359 e. The van der Waals surface area contributed by atoms with E-state index in [-0.39, 0.29) is 5.69 Å². The first kappa shape index (κ1) is 11.2. The lowest BCUT2D eigenvalue weighted by atomic mass is 10.3. The van der Waals surface area contributed by atoms with E-state index in [1.807, 2.05) is 24.4 Å². The largest absolute Gasteiger partial charge is 0.461 e. The first-order valence-corrected chi connectivity index (χ1v) is 5.28. The van der Waals surface area contributed by atoms with Gasteiger partial charge in [-0.3, -0.25) is 4.40 Å². The first-order chi connectivity index (χ1) is 8.27. The number of hydrogen-bond donors (Lipinski definition) is 0. The van der Waals surface area contributed by atoms with Crippen molar-refractivity contribution in [1.29, 1.82) is 0 Å². The number of rotatable bonds is 3. The zero-order valence-electron chi connectivity index (χ0n) is 9.51. The minimum Gasteiger partial charge on any atom is -0.461 e. The van der Waals surface area contributed by atoms with Crippen LogP contribution in [0.15, 0.2) is 36.7 Å². The number of ether oxygens (including phenoxy) is 1. The first-order valence-electron chi connectivity index (χ1n) is 5.28. The summed E-state index contributed by atoms with van der Waals surface area (Å²) in [5, 5.41) is 0. The standard InChI is InChI=1S/C13H12N2O2/c1-3-7-10-12(13(16)17-4-2)14-11-8-5-6-9-15(10)11/h5-9H,1,4H2,2H3. The average molecular weight is 228 g/mol. The fourth-order valence-electron chi connectivity index (χ4n) is 1.60. The topological polar surface area (TPSA) is 43.6 Å². The number of nitrogens with zero attached hydrogens (tertiary/aromatic N) is 2. The van der Waals surface area contributed by atoms with Crippen LogP contribution < -0.4 is 0 Å². The molecule has 0 aliphatic rings. The lowest BCUT2D eigenvalue weighted by molar-refractivity contribution is 0.0520. The molecule has 0 aliphatic heterocycles. The summed E-state index contributed by atoms with van der Waals surface area (Å²) in [4.78, 5) is 16.0. The highest BCUT2D eigenvalue weighted by Gasteiger charge is 2.17. The highest BCUT2D eigenvalue weighted by Crippen LogP contribution is 2.15. The number of hydrogen-bond acceptors (Lipinski definition) is 3. The van der Waals surface area contributed by atoms with Crippen LogP contribution in [0.5, 0.6) is 0 Å². The normalized spacial score (nSPS) is 9.94. The van der Waals surface area contributed by atoms with Crippen LogP contribution in [0.4, 0.5) is 0 Å². The molecule has 0 atom stereocenters. The zero-order valence-corrected chi connectivity index (χ0v) is 9.51. The Morgan fingerprint density at radius 2 is 2.47 bits per heavy atom. The molecular weight excluding hydrogens is 216 g/mol. The Kier molecular flexibility index (Phi) is 3.08. The van der Waals surface area contributed by atoms with Crippen LogP contribution in [0.3, 0.4) is 0 Å².